The monoisotopic (exact) mass is 328 g/mol. The Morgan fingerprint density at radius 3 is 2.27 bits per heavy atom. The van der Waals surface area contributed by atoms with Gasteiger partial charge < -0.3 is 0 Å². The number of hydrogen-bond acceptors (Lipinski definition) is 4. The summed E-state index contributed by atoms with van der Waals surface area (Å²) in [6.45, 7) is 1.44. The van der Waals surface area contributed by atoms with Crippen LogP contribution >= 0.6 is 0 Å². The van der Waals surface area contributed by atoms with E-state index < -0.39 is 42.9 Å². The normalized spacial score (nSPS) is 11.2. The second kappa shape index (κ2) is 5.68. The van der Waals surface area contributed by atoms with Gasteiger partial charge in [0.05, 0.1) is 9.82 Å². The van der Waals surface area contributed by atoms with Crippen LogP contribution in [0.4, 0.5) is 20.2 Å². The number of rotatable bonds is 4. The Morgan fingerprint density at radius 2 is 1.73 bits per heavy atom. The first-order valence-electron chi connectivity index (χ1n) is 5.94. The molecule has 9 heteroatoms. The zero-order valence-electron chi connectivity index (χ0n) is 11.2. The number of nitro groups is 1. The molecule has 0 saturated carbocycles. The summed E-state index contributed by atoms with van der Waals surface area (Å²) < 4.78 is 53.0. The maximum absolute atomic E-state index is 13.5. The molecule has 1 N–H and O–H groups in total. The molecule has 0 radical (unpaired) electrons. The molecule has 0 atom stereocenters. The smallest absolute Gasteiger partial charge is 0.273 e. The second-order valence-corrected chi connectivity index (χ2v) is 6.09. The highest BCUT2D eigenvalue weighted by atomic mass is 32.2. The number of benzene rings is 2. The zero-order chi connectivity index (χ0) is 16.5. The Bertz CT molecular complexity index is 833. The molecule has 0 bridgehead atoms. The molecule has 2 rings (SSSR count). The summed E-state index contributed by atoms with van der Waals surface area (Å²) in [5.74, 6) is -2.18. The minimum Gasteiger partial charge on any atom is -0.274 e. The largest absolute Gasteiger partial charge is 0.274 e. The maximum Gasteiger partial charge on any atom is 0.273 e. The Morgan fingerprint density at radius 1 is 1.14 bits per heavy atom. The molecule has 22 heavy (non-hydrogen) atoms. The van der Waals surface area contributed by atoms with E-state index >= 15 is 0 Å². The number of para-hydroxylation sites is 1. The van der Waals surface area contributed by atoms with E-state index in [1.165, 1.54) is 13.0 Å². The summed E-state index contributed by atoms with van der Waals surface area (Å²) in [6.07, 6.45) is 0. The van der Waals surface area contributed by atoms with Gasteiger partial charge >= 0.3 is 0 Å². The highest BCUT2D eigenvalue weighted by molar-refractivity contribution is 7.92. The molecule has 0 saturated heterocycles. The Labute approximate surface area is 124 Å². The van der Waals surface area contributed by atoms with Gasteiger partial charge in [-0.3, -0.25) is 14.8 Å². The van der Waals surface area contributed by atoms with E-state index in [2.05, 4.69) is 0 Å². The van der Waals surface area contributed by atoms with Gasteiger partial charge in [0.25, 0.3) is 15.7 Å². The standard InChI is InChI=1S/C13H10F2N2O4S/c1-8-5-6-9(7-12(8)17(18)19)22(20,21)16-13-10(14)3-2-4-11(13)15/h2-7,16H,1H3. The van der Waals surface area contributed by atoms with Gasteiger partial charge in [-0.2, -0.15) is 0 Å². The molecule has 6 nitrogen and oxygen atoms in total. The number of anilines is 1. The van der Waals surface area contributed by atoms with Crippen LogP contribution in [0.3, 0.4) is 0 Å². The first kappa shape index (κ1) is 15.8. The lowest BCUT2D eigenvalue weighted by Crippen LogP contribution is -2.15. The van der Waals surface area contributed by atoms with Gasteiger partial charge in [0.1, 0.15) is 17.3 Å². The Hall–Kier alpha value is -2.55. The van der Waals surface area contributed by atoms with Crippen LogP contribution in [0.2, 0.25) is 0 Å². The SMILES string of the molecule is Cc1ccc(S(=O)(=O)Nc2c(F)cccc2F)cc1[N+](=O)[O-]. The molecule has 0 aromatic heterocycles. The number of halogens is 2. The summed E-state index contributed by atoms with van der Waals surface area (Å²) >= 11 is 0. The molecular weight excluding hydrogens is 318 g/mol. The Balaban J connectivity index is 2.48. The average Bonchev–Trinajstić information content (AvgIpc) is 2.43. The fourth-order valence-corrected chi connectivity index (χ4v) is 2.84. The van der Waals surface area contributed by atoms with E-state index in [1.54, 1.807) is 4.72 Å². The average molecular weight is 328 g/mol. The molecule has 0 aliphatic rings. The zero-order valence-corrected chi connectivity index (χ0v) is 12.0. The molecule has 116 valence electrons. The van der Waals surface area contributed by atoms with Crippen molar-refractivity contribution in [1.29, 1.82) is 0 Å². The van der Waals surface area contributed by atoms with Crippen LogP contribution in [0.1, 0.15) is 5.56 Å². The fourth-order valence-electron chi connectivity index (χ4n) is 1.74. The molecule has 0 heterocycles. The van der Waals surface area contributed by atoms with Crippen molar-refractivity contribution < 1.29 is 22.1 Å². The summed E-state index contributed by atoms with van der Waals surface area (Å²) in [5, 5.41) is 10.8. The third-order valence-corrected chi connectivity index (χ3v) is 4.23. The molecule has 0 aliphatic carbocycles. The summed E-state index contributed by atoms with van der Waals surface area (Å²) in [4.78, 5) is 9.63. The number of nitrogens with one attached hydrogen (secondary N) is 1. The summed E-state index contributed by atoms with van der Waals surface area (Å²) in [5.41, 5.74) is -0.983. The molecule has 2 aromatic rings. The van der Waals surface area contributed by atoms with Crippen molar-refractivity contribution >= 4 is 21.4 Å². The van der Waals surface area contributed by atoms with Gasteiger partial charge in [-0.15, -0.1) is 0 Å². The third kappa shape index (κ3) is 3.03. The van der Waals surface area contributed by atoms with Crippen molar-refractivity contribution in [3.63, 3.8) is 0 Å². The van der Waals surface area contributed by atoms with E-state index in [-0.39, 0.29) is 5.56 Å². The third-order valence-electron chi connectivity index (χ3n) is 2.89. The maximum atomic E-state index is 13.5. The minimum absolute atomic E-state index is 0.265. The summed E-state index contributed by atoms with van der Waals surface area (Å²) in [7, 11) is -4.37. The first-order valence-corrected chi connectivity index (χ1v) is 7.42. The highest BCUT2D eigenvalue weighted by Crippen LogP contribution is 2.26. The molecule has 0 fully saturated rings. The van der Waals surface area contributed by atoms with Gasteiger partial charge in [-0.1, -0.05) is 12.1 Å². The molecule has 0 aliphatic heterocycles. The van der Waals surface area contributed by atoms with Crippen LogP contribution < -0.4 is 4.72 Å². The number of sulfonamides is 1. The van der Waals surface area contributed by atoms with Gasteiger partial charge in [0.2, 0.25) is 0 Å². The lowest BCUT2D eigenvalue weighted by atomic mass is 10.2. The number of hydrogen-bond donors (Lipinski definition) is 1. The van der Waals surface area contributed by atoms with Gasteiger partial charge in [-0.25, -0.2) is 17.2 Å². The molecule has 0 amide bonds. The summed E-state index contributed by atoms with van der Waals surface area (Å²) in [6, 6.07) is 6.04. The van der Waals surface area contributed by atoms with Crippen molar-refractivity contribution in [2.24, 2.45) is 0 Å². The van der Waals surface area contributed by atoms with E-state index in [0.29, 0.717) is 0 Å². The van der Waals surface area contributed by atoms with Crippen molar-refractivity contribution in [2.45, 2.75) is 11.8 Å². The molecule has 0 unspecified atom stereocenters. The minimum atomic E-state index is -4.37. The lowest BCUT2D eigenvalue weighted by Gasteiger charge is -2.10. The predicted octanol–water partition coefficient (Wildman–Crippen LogP) is 2.98. The fraction of sp³-hybridized carbons (Fsp3) is 0.0769. The molecule has 0 spiro atoms. The molecule has 2 aromatic carbocycles. The number of nitro benzene ring substituents is 1. The van der Waals surface area contributed by atoms with Gasteiger partial charge in [-0.05, 0) is 25.1 Å². The van der Waals surface area contributed by atoms with Gasteiger partial charge in [0.15, 0.2) is 0 Å². The van der Waals surface area contributed by atoms with Crippen molar-refractivity contribution in [2.75, 3.05) is 4.72 Å². The van der Waals surface area contributed by atoms with Crippen LogP contribution in [0.15, 0.2) is 41.3 Å². The van der Waals surface area contributed by atoms with Crippen molar-refractivity contribution in [3.05, 3.63) is 63.7 Å². The van der Waals surface area contributed by atoms with Crippen LogP contribution in [-0.2, 0) is 10.0 Å². The topological polar surface area (TPSA) is 89.3 Å². The van der Waals surface area contributed by atoms with E-state index in [1.807, 2.05) is 0 Å². The van der Waals surface area contributed by atoms with Crippen molar-refractivity contribution in [3.8, 4) is 0 Å². The van der Waals surface area contributed by atoms with Crippen LogP contribution in [0.5, 0.6) is 0 Å². The van der Waals surface area contributed by atoms with Crippen LogP contribution in [0.25, 0.3) is 0 Å². The van der Waals surface area contributed by atoms with Gasteiger partial charge in [0, 0.05) is 11.6 Å². The quantitative estimate of drug-likeness (QED) is 0.690. The predicted molar refractivity (Wildman–Crippen MR) is 75.0 cm³/mol. The number of nitrogens with zero attached hydrogens (tertiary/aromatic N) is 1. The van der Waals surface area contributed by atoms with E-state index in [0.717, 1.165) is 30.3 Å². The lowest BCUT2D eigenvalue weighted by molar-refractivity contribution is -0.385. The highest BCUT2D eigenvalue weighted by Gasteiger charge is 2.22. The van der Waals surface area contributed by atoms with E-state index in [9.17, 15) is 27.3 Å². The van der Waals surface area contributed by atoms with E-state index in [4.69, 9.17) is 0 Å². The molecular formula is C13H10F2N2O4S. The number of aryl methyl sites for hydroxylation is 1. The van der Waals surface area contributed by atoms with Crippen molar-refractivity contribution in [1.82, 2.24) is 0 Å². The van der Waals surface area contributed by atoms with Crippen LogP contribution in [-0.4, -0.2) is 13.3 Å². The first-order chi connectivity index (χ1) is 10.2. The second-order valence-electron chi connectivity index (χ2n) is 4.41. The Kier molecular flexibility index (Phi) is 4.09. The van der Waals surface area contributed by atoms with Crippen LogP contribution in [0, 0.1) is 28.7 Å².